The van der Waals surface area contributed by atoms with Gasteiger partial charge < -0.3 is 10.5 Å². The molecule has 0 aromatic carbocycles. The molecule has 1 fully saturated rings. The third-order valence-corrected chi connectivity index (χ3v) is 3.31. The molecule has 106 valence electrons. The molecule has 2 heterocycles. The van der Waals surface area contributed by atoms with Crippen LogP contribution < -0.4 is 5.73 Å². The number of hydrogen-bond acceptors (Lipinski definition) is 4. The number of ether oxygens (including phenoxy) is 1. The summed E-state index contributed by atoms with van der Waals surface area (Å²) >= 11 is 5.44. The van der Waals surface area contributed by atoms with Gasteiger partial charge in [0.1, 0.15) is 5.82 Å². The number of rotatable bonds is 2. The lowest BCUT2D eigenvalue weighted by Crippen LogP contribution is -2.20. The highest BCUT2D eigenvalue weighted by molar-refractivity contribution is 6.30. The van der Waals surface area contributed by atoms with Gasteiger partial charge in [-0.1, -0.05) is 11.6 Å². The number of aromatic nitrogens is 2. The second-order valence-corrected chi connectivity index (χ2v) is 4.81. The van der Waals surface area contributed by atoms with Crippen LogP contribution >= 0.6 is 11.6 Å². The molecule has 0 amide bonds. The highest BCUT2D eigenvalue weighted by Gasteiger charge is 2.37. The molecule has 1 aliphatic rings. The van der Waals surface area contributed by atoms with Crippen molar-refractivity contribution in [3.8, 4) is 0 Å². The van der Waals surface area contributed by atoms with Gasteiger partial charge in [0.15, 0.2) is 10.8 Å². The van der Waals surface area contributed by atoms with Gasteiger partial charge in [0.25, 0.3) is 0 Å². The average molecular weight is 296 g/mol. The van der Waals surface area contributed by atoms with E-state index in [2.05, 4.69) is 9.97 Å². The van der Waals surface area contributed by atoms with Crippen LogP contribution in [-0.2, 0) is 17.3 Å². The Morgan fingerprint density at radius 3 is 2.47 bits per heavy atom. The predicted octanol–water partition coefficient (Wildman–Crippen LogP) is 2.70. The molecule has 1 aromatic heterocycles. The normalized spacial score (nSPS) is 17.7. The first-order valence-corrected chi connectivity index (χ1v) is 6.22. The monoisotopic (exact) mass is 295 g/mol. The predicted molar refractivity (Wildman–Crippen MR) is 63.7 cm³/mol. The van der Waals surface area contributed by atoms with Crippen LogP contribution in [0.2, 0.25) is 5.15 Å². The van der Waals surface area contributed by atoms with Gasteiger partial charge in [-0.2, -0.15) is 13.2 Å². The molecule has 2 N–H and O–H groups in total. The Morgan fingerprint density at radius 2 is 1.89 bits per heavy atom. The Balaban J connectivity index is 2.24. The molecular formula is C11H13ClF3N3O. The van der Waals surface area contributed by atoms with Gasteiger partial charge in [-0.15, -0.1) is 0 Å². The molecule has 19 heavy (non-hydrogen) atoms. The van der Waals surface area contributed by atoms with Gasteiger partial charge in [-0.25, -0.2) is 9.97 Å². The van der Waals surface area contributed by atoms with E-state index in [-0.39, 0.29) is 17.4 Å². The summed E-state index contributed by atoms with van der Waals surface area (Å²) in [6.07, 6.45) is -2.69. The largest absolute Gasteiger partial charge is 0.436 e. The fourth-order valence-electron chi connectivity index (χ4n) is 2.02. The van der Waals surface area contributed by atoms with Crippen LogP contribution in [0.15, 0.2) is 0 Å². The van der Waals surface area contributed by atoms with Crippen LogP contribution in [0, 0.1) is 5.92 Å². The Bertz CT molecular complexity index is 461. The molecule has 1 saturated heterocycles. The summed E-state index contributed by atoms with van der Waals surface area (Å²) in [5.74, 6) is 0.178. The zero-order valence-electron chi connectivity index (χ0n) is 10.0. The summed E-state index contributed by atoms with van der Waals surface area (Å²) in [4.78, 5) is 7.09. The van der Waals surface area contributed by atoms with E-state index >= 15 is 0 Å². The minimum absolute atomic E-state index is 0.0375. The number of alkyl halides is 3. The van der Waals surface area contributed by atoms with E-state index in [1.165, 1.54) is 0 Å². The summed E-state index contributed by atoms with van der Waals surface area (Å²) in [6, 6.07) is 0. The average Bonchev–Trinajstić information content (AvgIpc) is 2.32. The maximum Gasteiger partial charge on any atom is 0.436 e. The fraction of sp³-hybridized carbons (Fsp3) is 0.636. The third-order valence-electron chi connectivity index (χ3n) is 3.05. The summed E-state index contributed by atoms with van der Waals surface area (Å²) < 4.78 is 43.3. The molecule has 1 aliphatic heterocycles. The van der Waals surface area contributed by atoms with Crippen molar-refractivity contribution in [2.45, 2.75) is 25.4 Å². The summed E-state index contributed by atoms with van der Waals surface area (Å²) in [5, 5.41) is -0.708. The number of nitrogens with zero attached hydrogens (tertiary/aromatic N) is 2. The topological polar surface area (TPSA) is 61.0 Å². The number of anilines is 1. The second-order valence-electron chi connectivity index (χ2n) is 4.45. The lowest BCUT2D eigenvalue weighted by Gasteiger charge is -2.22. The van der Waals surface area contributed by atoms with Gasteiger partial charge >= 0.3 is 6.18 Å². The number of halogens is 4. The third kappa shape index (κ3) is 3.48. The SMILES string of the molecule is Nc1nc(Cl)c(C(F)(F)F)nc1CC1CCOCC1. The molecule has 8 heteroatoms. The minimum Gasteiger partial charge on any atom is -0.382 e. The van der Waals surface area contributed by atoms with Gasteiger partial charge in [0.2, 0.25) is 0 Å². The first-order chi connectivity index (χ1) is 8.88. The number of hydrogen-bond donors (Lipinski definition) is 1. The lowest BCUT2D eigenvalue weighted by molar-refractivity contribution is -0.141. The van der Waals surface area contributed by atoms with Gasteiger partial charge in [0.05, 0.1) is 5.69 Å². The molecule has 0 bridgehead atoms. The molecule has 1 aromatic rings. The Hall–Kier alpha value is -1.08. The first kappa shape index (κ1) is 14.3. The first-order valence-electron chi connectivity index (χ1n) is 5.84. The van der Waals surface area contributed by atoms with Crippen molar-refractivity contribution in [2.24, 2.45) is 5.92 Å². The summed E-state index contributed by atoms with van der Waals surface area (Å²) in [7, 11) is 0. The molecule has 0 radical (unpaired) electrons. The van der Waals surface area contributed by atoms with Crippen LogP contribution in [0.25, 0.3) is 0 Å². The number of nitrogens with two attached hydrogens (primary N) is 1. The van der Waals surface area contributed by atoms with Crippen LogP contribution in [0.4, 0.5) is 19.0 Å². The molecule has 0 atom stereocenters. The summed E-state index contributed by atoms with van der Waals surface area (Å²) in [6.45, 7) is 1.22. The van der Waals surface area contributed by atoms with Crippen molar-refractivity contribution in [1.82, 2.24) is 9.97 Å². The Kier molecular flexibility index (Phi) is 4.15. The highest BCUT2D eigenvalue weighted by Crippen LogP contribution is 2.33. The minimum atomic E-state index is -4.62. The van der Waals surface area contributed by atoms with Crippen molar-refractivity contribution in [3.05, 3.63) is 16.5 Å². The van der Waals surface area contributed by atoms with Crippen molar-refractivity contribution >= 4 is 17.4 Å². The van der Waals surface area contributed by atoms with Gasteiger partial charge in [0, 0.05) is 13.2 Å². The van der Waals surface area contributed by atoms with Crippen LogP contribution in [0.5, 0.6) is 0 Å². The fourth-order valence-corrected chi connectivity index (χ4v) is 2.26. The van der Waals surface area contributed by atoms with E-state index in [9.17, 15) is 13.2 Å². The highest BCUT2D eigenvalue weighted by atomic mass is 35.5. The summed E-state index contributed by atoms with van der Waals surface area (Å²) in [5.41, 5.74) is 4.57. The standard InChI is InChI=1S/C11H13ClF3N3O/c12-9-8(11(13,14)15)17-7(10(16)18-9)5-6-1-3-19-4-2-6/h6H,1-5H2,(H2,16,18). The Morgan fingerprint density at radius 1 is 1.26 bits per heavy atom. The Labute approximate surface area is 113 Å². The van der Waals surface area contributed by atoms with Crippen molar-refractivity contribution < 1.29 is 17.9 Å². The van der Waals surface area contributed by atoms with Gasteiger partial charge in [-0.05, 0) is 25.2 Å². The lowest BCUT2D eigenvalue weighted by atomic mass is 9.95. The molecule has 4 nitrogen and oxygen atoms in total. The maximum absolute atomic E-state index is 12.7. The van der Waals surface area contributed by atoms with E-state index in [1.54, 1.807) is 0 Å². The van der Waals surface area contributed by atoms with Crippen LogP contribution in [0.3, 0.4) is 0 Å². The van der Waals surface area contributed by atoms with E-state index in [4.69, 9.17) is 22.1 Å². The molecular weight excluding hydrogens is 283 g/mol. The van der Waals surface area contributed by atoms with Crippen molar-refractivity contribution in [1.29, 1.82) is 0 Å². The molecule has 0 aliphatic carbocycles. The molecule has 0 saturated carbocycles. The van der Waals surface area contributed by atoms with Crippen molar-refractivity contribution in [3.63, 3.8) is 0 Å². The van der Waals surface area contributed by atoms with E-state index in [0.29, 0.717) is 19.6 Å². The van der Waals surface area contributed by atoms with Gasteiger partial charge in [-0.3, -0.25) is 0 Å². The smallest absolute Gasteiger partial charge is 0.382 e. The number of nitrogen functional groups attached to an aromatic ring is 1. The van der Waals surface area contributed by atoms with Crippen LogP contribution in [0.1, 0.15) is 24.2 Å². The molecule has 2 rings (SSSR count). The second kappa shape index (κ2) is 5.50. The maximum atomic E-state index is 12.7. The van der Waals surface area contributed by atoms with Crippen LogP contribution in [-0.4, -0.2) is 23.2 Å². The van der Waals surface area contributed by atoms with E-state index in [1.807, 2.05) is 0 Å². The molecule has 0 spiro atoms. The van der Waals surface area contributed by atoms with Crippen molar-refractivity contribution in [2.75, 3.05) is 18.9 Å². The zero-order valence-corrected chi connectivity index (χ0v) is 10.8. The zero-order chi connectivity index (χ0) is 14.0. The quantitative estimate of drug-likeness (QED) is 0.911. The van der Waals surface area contributed by atoms with E-state index in [0.717, 1.165) is 12.8 Å². The van der Waals surface area contributed by atoms with E-state index < -0.39 is 17.0 Å². The molecule has 0 unspecified atom stereocenters.